The van der Waals surface area contributed by atoms with Gasteiger partial charge < -0.3 is 9.73 Å². The molecular formula is C17H24N2O2. The molecule has 1 aliphatic rings. The molecule has 3 rings (SSSR count). The van der Waals surface area contributed by atoms with Crippen molar-refractivity contribution in [3.05, 3.63) is 34.3 Å². The number of hydrogen-bond donors (Lipinski definition) is 1. The van der Waals surface area contributed by atoms with Gasteiger partial charge in [-0.1, -0.05) is 32.3 Å². The van der Waals surface area contributed by atoms with Crippen LogP contribution in [-0.2, 0) is 7.05 Å². The molecule has 0 bridgehead atoms. The summed E-state index contributed by atoms with van der Waals surface area (Å²) < 4.78 is 6.89. The second-order valence-corrected chi connectivity index (χ2v) is 6.09. The first-order valence-corrected chi connectivity index (χ1v) is 8.03. The Morgan fingerprint density at radius 3 is 2.81 bits per heavy atom. The van der Waals surface area contributed by atoms with Crippen LogP contribution < -0.4 is 11.1 Å². The first-order chi connectivity index (χ1) is 10.2. The lowest BCUT2D eigenvalue weighted by Crippen LogP contribution is -2.29. The monoisotopic (exact) mass is 288 g/mol. The van der Waals surface area contributed by atoms with Gasteiger partial charge in [-0.15, -0.1) is 0 Å². The van der Waals surface area contributed by atoms with Gasteiger partial charge in [-0.05, 0) is 43.0 Å². The van der Waals surface area contributed by atoms with Crippen LogP contribution in [0.15, 0.2) is 27.4 Å². The summed E-state index contributed by atoms with van der Waals surface area (Å²) in [5.41, 5.74) is 2.80. The topological polar surface area (TPSA) is 47.2 Å². The fraction of sp³-hybridized carbons (Fsp3) is 0.588. The third-order valence-electron chi connectivity index (χ3n) is 4.72. The third-order valence-corrected chi connectivity index (χ3v) is 4.72. The minimum atomic E-state index is -0.292. The number of hydrogen-bond acceptors (Lipinski definition) is 3. The van der Waals surface area contributed by atoms with Gasteiger partial charge in [-0.25, -0.2) is 4.79 Å². The van der Waals surface area contributed by atoms with Crippen molar-refractivity contribution in [1.82, 2.24) is 9.88 Å². The zero-order chi connectivity index (χ0) is 14.8. The molecule has 1 aromatic carbocycles. The first kappa shape index (κ1) is 14.4. The van der Waals surface area contributed by atoms with E-state index in [0.717, 1.165) is 12.1 Å². The Balaban J connectivity index is 1.96. The van der Waals surface area contributed by atoms with Gasteiger partial charge in [-0.2, -0.15) is 0 Å². The molecule has 1 atom stereocenters. The predicted octanol–water partition coefficient (Wildman–Crippen LogP) is 3.36. The highest BCUT2D eigenvalue weighted by Gasteiger charge is 2.25. The quantitative estimate of drug-likeness (QED) is 0.938. The molecule has 1 fully saturated rings. The molecule has 0 spiro atoms. The number of aromatic nitrogens is 1. The largest absolute Gasteiger partial charge is 0.419 e. The Bertz CT molecular complexity index is 665. The van der Waals surface area contributed by atoms with Crippen LogP contribution in [0, 0.1) is 5.92 Å². The van der Waals surface area contributed by atoms with E-state index < -0.39 is 0 Å². The number of rotatable bonds is 4. The van der Waals surface area contributed by atoms with Crippen LogP contribution in [0.3, 0.4) is 0 Å². The lowest BCUT2D eigenvalue weighted by atomic mass is 9.81. The summed E-state index contributed by atoms with van der Waals surface area (Å²) in [6.07, 6.45) is 6.59. The second-order valence-electron chi connectivity index (χ2n) is 6.09. The van der Waals surface area contributed by atoms with Crippen molar-refractivity contribution >= 4 is 11.1 Å². The number of nitrogens with zero attached hydrogens (tertiary/aromatic N) is 1. The van der Waals surface area contributed by atoms with Gasteiger partial charge in [0, 0.05) is 13.1 Å². The predicted molar refractivity (Wildman–Crippen MR) is 84.4 cm³/mol. The van der Waals surface area contributed by atoms with Gasteiger partial charge >= 0.3 is 5.76 Å². The van der Waals surface area contributed by atoms with Crippen molar-refractivity contribution in [2.24, 2.45) is 13.0 Å². The molecule has 0 amide bonds. The first-order valence-electron chi connectivity index (χ1n) is 8.03. The molecule has 1 N–H and O–H groups in total. The zero-order valence-electron chi connectivity index (χ0n) is 12.9. The van der Waals surface area contributed by atoms with Crippen molar-refractivity contribution in [1.29, 1.82) is 0 Å². The number of fused-ring (bicyclic) bond motifs is 1. The maximum atomic E-state index is 11.6. The van der Waals surface area contributed by atoms with Crippen molar-refractivity contribution in [2.75, 3.05) is 6.54 Å². The average Bonchev–Trinajstić information content (AvgIpc) is 2.80. The van der Waals surface area contributed by atoms with Crippen LogP contribution in [0.4, 0.5) is 0 Å². The van der Waals surface area contributed by atoms with Crippen LogP contribution in [0.1, 0.15) is 50.6 Å². The summed E-state index contributed by atoms with van der Waals surface area (Å²) in [5.74, 6) is 0.395. The molecule has 1 aromatic heterocycles. The maximum absolute atomic E-state index is 11.6. The second kappa shape index (κ2) is 6.06. The Hall–Kier alpha value is -1.55. The van der Waals surface area contributed by atoms with Gasteiger partial charge in [0.25, 0.3) is 0 Å². The highest BCUT2D eigenvalue weighted by molar-refractivity contribution is 5.73. The maximum Gasteiger partial charge on any atom is 0.419 e. The van der Waals surface area contributed by atoms with Gasteiger partial charge in [0.2, 0.25) is 0 Å². The standard InChI is InChI=1S/C17H24N2O2/c1-3-18-16(12-7-5-4-6-8-12)13-9-10-14-15(11-13)21-17(20)19(14)2/h9-12,16,18H,3-8H2,1-2H3. The summed E-state index contributed by atoms with van der Waals surface area (Å²) in [4.78, 5) is 11.6. The van der Waals surface area contributed by atoms with E-state index in [0.29, 0.717) is 17.5 Å². The summed E-state index contributed by atoms with van der Waals surface area (Å²) >= 11 is 0. The molecule has 0 aliphatic heterocycles. The van der Waals surface area contributed by atoms with E-state index in [9.17, 15) is 4.79 Å². The smallest absolute Gasteiger partial charge is 0.408 e. The number of benzene rings is 1. The van der Waals surface area contributed by atoms with E-state index >= 15 is 0 Å². The van der Waals surface area contributed by atoms with Gasteiger partial charge in [0.1, 0.15) is 0 Å². The van der Waals surface area contributed by atoms with Crippen molar-refractivity contribution in [3.8, 4) is 0 Å². The number of nitrogens with one attached hydrogen (secondary N) is 1. The number of aryl methyl sites for hydroxylation is 1. The van der Waals surface area contributed by atoms with Gasteiger partial charge in [0.15, 0.2) is 5.58 Å². The molecule has 1 unspecified atom stereocenters. The van der Waals surface area contributed by atoms with Gasteiger partial charge in [-0.3, -0.25) is 4.57 Å². The van der Waals surface area contributed by atoms with Crippen LogP contribution in [-0.4, -0.2) is 11.1 Å². The minimum absolute atomic E-state index is 0.292. The van der Waals surface area contributed by atoms with Crippen LogP contribution in [0.2, 0.25) is 0 Å². The van der Waals surface area contributed by atoms with E-state index in [1.165, 1.54) is 37.7 Å². The van der Waals surface area contributed by atoms with Crippen molar-refractivity contribution < 1.29 is 4.42 Å². The molecule has 4 heteroatoms. The zero-order valence-corrected chi connectivity index (χ0v) is 12.9. The summed E-state index contributed by atoms with van der Waals surface area (Å²) in [6, 6.07) is 6.55. The van der Waals surface area contributed by atoms with E-state index in [1.807, 2.05) is 12.1 Å². The fourth-order valence-electron chi connectivity index (χ4n) is 3.59. The Kier molecular flexibility index (Phi) is 4.15. The highest BCUT2D eigenvalue weighted by Crippen LogP contribution is 2.35. The van der Waals surface area contributed by atoms with Crippen molar-refractivity contribution in [2.45, 2.75) is 45.1 Å². The van der Waals surface area contributed by atoms with Gasteiger partial charge in [0.05, 0.1) is 5.52 Å². The Labute approximate surface area is 125 Å². The molecule has 0 radical (unpaired) electrons. The molecule has 0 saturated heterocycles. The average molecular weight is 288 g/mol. The molecule has 1 aliphatic carbocycles. The Morgan fingerprint density at radius 2 is 2.10 bits per heavy atom. The van der Waals surface area contributed by atoms with Crippen molar-refractivity contribution in [3.63, 3.8) is 0 Å². The van der Waals surface area contributed by atoms with Crippen LogP contribution in [0.25, 0.3) is 11.1 Å². The SMILES string of the molecule is CCNC(c1ccc2c(c1)oc(=O)n2C)C1CCCCC1. The molecule has 2 aromatic rings. The van der Waals surface area contributed by atoms with Crippen LogP contribution in [0.5, 0.6) is 0 Å². The van der Waals surface area contributed by atoms with Crippen LogP contribution >= 0.6 is 0 Å². The Morgan fingerprint density at radius 1 is 1.33 bits per heavy atom. The molecule has 1 heterocycles. The lowest BCUT2D eigenvalue weighted by molar-refractivity contribution is 0.274. The summed E-state index contributed by atoms with van der Waals surface area (Å²) in [5, 5.41) is 3.63. The molecular weight excluding hydrogens is 264 g/mol. The summed E-state index contributed by atoms with van der Waals surface area (Å²) in [6.45, 7) is 3.11. The van der Waals surface area contributed by atoms with E-state index in [2.05, 4.69) is 18.3 Å². The summed E-state index contributed by atoms with van der Waals surface area (Å²) in [7, 11) is 1.75. The normalized spacial score (nSPS) is 18.2. The fourth-order valence-corrected chi connectivity index (χ4v) is 3.59. The third kappa shape index (κ3) is 2.77. The molecule has 4 nitrogen and oxygen atoms in total. The van der Waals surface area contributed by atoms with E-state index in [-0.39, 0.29) is 5.76 Å². The van der Waals surface area contributed by atoms with E-state index in [1.54, 1.807) is 11.6 Å². The number of oxazole rings is 1. The van der Waals surface area contributed by atoms with E-state index in [4.69, 9.17) is 4.42 Å². The minimum Gasteiger partial charge on any atom is -0.408 e. The lowest BCUT2D eigenvalue weighted by Gasteiger charge is -2.31. The highest BCUT2D eigenvalue weighted by atomic mass is 16.4. The molecule has 1 saturated carbocycles. The molecule has 114 valence electrons. The molecule has 21 heavy (non-hydrogen) atoms.